The quantitative estimate of drug-likeness (QED) is 0.285. The molecule has 34 heavy (non-hydrogen) atoms. The van der Waals surface area contributed by atoms with Crippen LogP contribution >= 0.6 is 11.6 Å². The third-order valence-electron chi connectivity index (χ3n) is 5.76. The van der Waals surface area contributed by atoms with Crippen LogP contribution in [-0.4, -0.2) is 40.9 Å². The summed E-state index contributed by atoms with van der Waals surface area (Å²) in [6, 6.07) is 6.33. The number of aromatic nitrogens is 2. The zero-order valence-corrected chi connectivity index (χ0v) is 19.8. The lowest BCUT2D eigenvalue weighted by Crippen LogP contribution is -2.31. The first kappa shape index (κ1) is 25.9. The van der Waals surface area contributed by atoms with Gasteiger partial charge in [-0.05, 0) is 51.2 Å². The van der Waals surface area contributed by atoms with Crippen molar-refractivity contribution in [3.05, 3.63) is 41.2 Å². The van der Waals surface area contributed by atoms with Crippen molar-refractivity contribution in [3.63, 3.8) is 0 Å². The second-order valence-electron chi connectivity index (χ2n) is 8.24. The summed E-state index contributed by atoms with van der Waals surface area (Å²) < 4.78 is 44.2. The molecule has 1 fully saturated rings. The molecular formula is C24H27ClF3N3O3. The highest BCUT2D eigenvalue weighted by atomic mass is 35.5. The van der Waals surface area contributed by atoms with Crippen LogP contribution in [-0.2, 0) is 4.84 Å². The molecule has 10 heteroatoms. The maximum absolute atomic E-state index is 13.0. The molecule has 0 aliphatic heterocycles. The van der Waals surface area contributed by atoms with E-state index in [1.165, 1.54) is 13.3 Å². The number of nitrogens with zero attached hydrogens (tertiary/aromatic N) is 3. The van der Waals surface area contributed by atoms with Crippen LogP contribution < -0.4 is 4.74 Å². The minimum absolute atomic E-state index is 0.0559. The molecule has 3 rings (SSSR count). The fourth-order valence-corrected chi connectivity index (χ4v) is 4.01. The van der Waals surface area contributed by atoms with E-state index in [4.69, 9.17) is 21.2 Å². The second kappa shape index (κ2) is 11.6. The predicted octanol–water partition coefficient (Wildman–Crippen LogP) is 6.67. The van der Waals surface area contributed by atoms with Crippen molar-refractivity contribution >= 4 is 23.1 Å². The molecule has 2 atom stereocenters. The molecule has 1 aliphatic rings. The molecule has 0 spiro atoms. The van der Waals surface area contributed by atoms with Gasteiger partial charge in [-0.3, -0.25) is 4.79 Å². The monoisotopic (exact) mass is 497 g/mol. The van der Waals surface area contributed by atoms with Gasteiger partial charge in [-0.25, -0.2) is 9.97 Å². The van der Waals surface area contributed by atoms with Gasteiger partial charge in [0.2, 0.25) is 5.88 Å². The Bertz CT molecular complexity index is 1010. The summed E-state index contributed by atoms with van der Waals surface area (Å²) in [6.07, 6.45) is 0.301. The van der Waals surface area contributed by atoms with Gasteiger partial charge in [0.1, 0.15) is 18.5 Å². The first-order valence-corrected chi connectivity index (χ1v) is 11.6. The Morgan fingerprint density at radius 3 is 2.68 bits per heavy atom. The highest BCUT2D eigenvalue weighted by molar-refractivity contribution is 6.30. The Morgan fingerprint density at radius 2 is 2.00 bits per heavy atom. The molecule has 1 aromatic heterocycles. The number of carbonyl (C=O) groups is 1. The number of benzene rings is 1. The normalized spacial score (nSPS) is 18.5. The molecule has 0 saturated heterocycles. The van der Waals surface area contributed by atoms with Crippen LogP contribution in [0.2, 0.25) is 5.02 Å². The molecule has 1 heterocycles. The Kier molecular flexibility index (Phi) is 8.88. The van der Waals surface area contributed by atoms with Gasteiger partial charge in [-0.15, -0.1) is 0 Å². The van der Waals surface area contributed by atoms with Gasteiger partial charge in [0.25, 0.3) is 0 Å². The van der Waals surface area contributed by atoms with Crippen LogP contribution in [0.25, 0.3) is 11.3 Å². The van der Waals surface area contributed by atoms with Crippen LogP contribution in [0.4, 0.5) is 13.2 Å². The molecule has 0 N–H and O–H groups in total. The molecule has 1 saturated carbocycles. The minimum atomic E-state index is -4.57. The molecule has 1 aliphatic carbocycles. The topological polar surface area (TPSA) is 73.7 Å². The maximum Gasteiger partial charge on any atom is 0.425 e. The molecule has 2 unspecified atom stereocenters. The molecule has 6 nitrogen and oxygen atoms in total. The van der Waals surface area contributed by atoms with Crippen LogP contribution in [0, 0.1) is 5.92 Å². The van der Waals surface area contributed by atoms with Gasteiger partial charge >= 0.3 is 6.18 Å². The first-order chi connectivity index (χ1) is 16.2. The SMILES string of the molecule is CON=C1CCCCC1CCCC(=O)c1cnc(OC(C)C(F)(F)F)c(-c2ccc(Cl)cc2)n1. The van der Waals surface area contributed by atoms with Crippen molar-refractivity contribution in [1.82, 2.24) is 9.97 Å². The lowest BCUT2D eigenvalue weighted by Gasteiger charge is -2.23. The first-order valence-electron chi connectivity index (χ1n) is 11.2. The van der Waals surface area contributed by atoms with Gasteiger partial charge < -0.3 is 9.57 Å². The van der Waals surface area contributed by atoms with Gasteiger partial charge in [0.15, 0.2) is 11.9 Å². The van der Waals surface area contributed by atoms with Crippen LogP contribution in [0.3, 0.4) is 0 Å². The third-order valence-corrected chi connectivity index (χ3v) is 6.02. The average molecular weight is 498 g/mol. The van der Waals surface area contributed by atoms with E-state index in [-0.39, 0.29) is 35.4 Å². The zero-order chi connectivity index (χ0) is 24.7. The Labute approximate surface area is 201 Å². The largest absolute Gasteiger partial charge is 0.463 e. The molecule has 184 valence electrons. The lowest BCUT2D eigenvalue weighted by atomic mass is 9.84. The molecule has 2 aromatic rings. The van der Waals surface area contributed by atoms with E-state index >= 15 is 0 Å². The predicted molar refractivity (Wildman–Crippen MR) is 123 cm³/mol. The highest BCUT2D eigenvalue weighted by Crippen LogP contribution is 2.32. The molecule has 1 aromatic carbocycles. The van der Waals surface area contributed by atoms with Crippen LogP contribution in [0.5, 0.6) is 5.88 Å². The zero-order valence-electron chi connectivity index (χ0n) is 19.1. The maximum atomic E-state index is 13.0. The molecule has 0 radical (unpaired) electrons. The number of halogens is 4. The van der Waals surface area contributed by atoms with Crippen LogP contribution in [0.15, 0.2) is 35.6 Å². The van der Waals surface area contributed by atoms with E-state index in [9.17, 15) is 18.0 Å². The van der Waals surface area contributed by atoms with Crippen molar-refractivity contribution in [2.45, 2.75) is 64.1 Å². The summed E-state index contributed by atoms with van der Waals surface area (Å²) in [5.41, 5.74) is 1.61. The minimum Gasteiger partial charge on any atom is -0.463 e. The van der Waals surface area contributed by atoms with E-state index in [2.05, 4.69) is 15.1 Å². The molecule has 0 bridgehead atoms. The van der Waals surface area contributed by atoms with Gasteiger partial charge in [0.05, 0.1) is 11.9 Å². The summed E-state index contributed by atoms with van der Waals surface area (Å²) in [7, 11) is 1.53. The van der Waals surface area contributed by atoms with E-state index in [0.29, 0.717) is 17.0 Å². The number of rotatable bonds is 9. The molecular weight excluding hydrogens is 471 g/mol. The summed E-state index contributed by atoms with van der Waals surface area (Å²) in [6.45, 7) is 0.888. The Hall–Kier alpha value is -2.68. The fraction of sp³-hybridized carbons (Fsp3) is 0.500. The smallest absolute Gasteiger partial charge is 0.425 e. The van der Waals surface area contributed by atoms with Gasteiger partial charge in [0, 0.05) is 22.9 Å². The highest BCUT2D eigenvalue weighted by Gasteiger charge is 2.39. The lowest BCUT2D eigenvalue weighted by molar-refractivity contribution is -0.189. The van der Waals surface area contributed by atoms with E-state index < -0.39 is 12.3 Å². The number of hydrogen-bond acceptors (Lipinski definition) is 6. The van der Waals surface area contributed by atoms with E-state index in [1.807, 2.05) is 0 Å². The molecule has 0 amide bonds. The summed E-state index contributed by atoms with van der Waals surface area (Å²) in [5.74, 6) is -0.248. The van der Waals surface area contributed by atoms with Crippen LogP contribution in [0.1, 0.15) is 62.4 Å². The van der Waals surface area contributed by atoms with Crippen molar-refractivity contribution in [1.29, 1.82) is 0 Å². The fourth-order valence-electron chi connectivity index (χ4n) is 3.88. The summed E-state index contributed by atoms with van der Waals surface area (Å²) >= 11 is 5.93. The number of hydrogen-bond donors (Lipinski definition) is 0. The van der Waals surface area contributed by atoms with Crippen molar-refractivity contribution in [2.75, 3.05) is 7.11 Å². The van der Waals surface area contributed by atoms with Gasteiger partial charge in [-0.2, -0.15) is 13.2 Å². The van der Waals surface area contributed by atoms with E-state index in [1.54, 1.807) is 24.3 Å². The number of oxime groups is 1. The van der Waals surface area contributed by atoms with Crippen molar-refractivity contribution in [2.24, 2.45) is 11.1 Å². The Morgan fingerprint density at radius 1 is 1.26 bits per heavy atom. The second-order valence-corrected chi connectivity index (χ2v) is 8.68. The summed E-state index contributed by atoms with van der Waals surface area (Å²) in [4.78, 5) is 26.1. The number of carbonyl (C=O) groups excluding carboxylic acids is 1. The standard InChI is InChI=1S/C24H27ClF3N3O3/c1-15(24(26,27)28)34-23-22(17-10-12-18(25)13-11-17)30-20(14-29-23)21(32)9-5-7-16-6-3-4-8-19(16)31-33-2/h10-16H,3-9H2,1-2H3. The average Bonchev–Trinajstić information content (AvgIpc) is 2.80. The number of ketones is 1. The van der Waals surface area contributed by atoms with Crippen molar-refractivity contribution in [3.8, 4) is 17.1 Å². The van der Waals surface area contributed by atoms with Gasteiger partial charge in [-0.1, -0.05) is 35.3 Å². The summed E-state index contributed by atoms with van der Waals surface area (Å²) in [5, 5.41) is 4.58. The van der Waals surface area contributed by atoms with E-state index in [0.717, 1.165) is 44.7 Å². The third kappa shape index (κ3) is 6.91. The van der Waals surface area contributed by atoms with Crippen molar-refractivity contribution < 1.29 is 27.5 Å². The number of Topliss-reactive ketones (excluding diaryl/α,β-unsaturated/α-hetero) is 1. The number of alkyl halides is 3. The Balaban J connectivity index is 1.76. The number of ether oxygens (including phenoxy) is 1.